The molecule has 0 unspecified atom stereocenters. The first-order valence-corrected chi connectivity index (χ1v) is 10.8. The van der Waals surface area contributed by atoms with Crippen molar-refractivity contribution in [2.24, 2.45) is 0 Å². The van der Waals surface area contributed by atoms with Crippen LogP contribution in [0, 0.1) is 0 Å². The second-order valence-corrected chi connectivity index (χ2v) is 8.99. The van der Waals surface area contributed by atoms with E-state index in [0.717, 1.165) is 24.2 Å². The summed E-state index contributed by atoms with van der Waals surface area (Å²) in [5, 5.41) is 4.59. The van der Waals surface area contributed by atoms with Crippen molar-refractivity contribution in [3.05, 3.63) is 51.7 Å². The lowest BCUT2D eigenvalue weighted by molar-refractivity contribution is 0.0710. The second kappa shape index (κ2) is 9.16. The van der Waals surface area contributed by atoms with Gasteiger partial charge < -0.3 is 9.64 Å². The van der Waals surface area contributed by atoms with E-state index in [-0.39, 0.29) is 22.9 Å². The summed E-state index contributed by atoms with van der Waals surface area (Å²) in [6.45, 7) is 11.3. The molecule has 0 N–H and O–H groups in total. The Bertz CT molecular complexity index is 913. The first-order valence-electron chi connectivity index (χ1n) is 10.8. The number of nitrogens with zero attached hydrogens (tertiary/aromatic N) is 4. The summed E-state index contributed by atoms with van der Waals surface area (Å²) in [6.07, 6.45) is 1.62. The minimum Gasteiger partial charge on any atom is -0.383 e. The van der Waals surface area contributed by atoms with Crippen LogP contribution in [0.5, 0.6) is 0 Å². The van der Waals surface area contributed by atoms with Crippen molar-refractivity contribution in [3.8, 4) is 0 Å². The van der Waals surface area contributed by atoms with Gasteiger partial charge in [0.05, 0.1) is 13.2 Å². The minimum atomic E-state index is -0.0815. The molecule has 30 heavy (non-hydrogen) atoms. The number of carbonyl (C=O) groups excluding carboxylic acids is 1. The summed E-state index contributed by atoms with van der Waals surface area (Å²) in [6, 6.07) is 7.96. The zero-order chi connectivity index (χ0) is 21.9. The van der Waals surface area contributed by atoms with Gasteiger partial charge in [-0.3, -0.25) is 9.36 Å². The number of benzene rings is 1. The van der Waals surface area contributed by atoms with Crippen LogP contribution in [0.25, 0.3) is 0 Å². The maximum atomic E-state index is 12.9. The lowest BCUT2D eigenvalue weighted by Gasteiger charge is -2.31. The fourth-order valence-corrected chi connectivity index (χ4v) is 4.02. The molecule has 7 nitrogen and oxygen atoms in total. The SMILES string of the molecule is CCn1c(C2CCN(C(=O)c3ccc(C(C)(C)C)cc3)CC2)nn(CCOC)c1=O. The molecular formula is C23H34N4O3. The highest BCUT2D eigenvalue weighted by Gasteiger charge is 2.29. The molecule has 0 aliphatic carbocycles. The number of likely N-dealkylation sites (tertiary alicyclic amines) is 1. The standard InChI is InChI=1S/C23H34N4O3/c1-6-26-20(24-27(22(26)29)15-16-30-5)17-11-13-25(14-12-17)21(28)18-7-9-19(10-8-18)23(2,3)4/h7-10,17H,6,11-16H2,1-5H3. The van der Waals surface area contributed by atoms with Gasteiger partial charge in [0.1, 0.15) is 5.82 Å². The van der Waals surface area contributed by atoms with Crippen LogP contribution < -0.4 is 5.69 Å². The zero-order valence-corrected chi connectivity index (χ0v) is 18.9. The van der Waals surface area contributed by atoms with E-state index in [4.69, 9.17) is 4.74 Å². The van der Waals surface area contributed by atoms with Crippen molar-refractivity contribution >= 4 is 5.91 Å². The van der Waals surface area contributed by atoms with Crippen LogP contribution in [-0.2, 0) is 23.2 Å². The van der Waals surface area contributed by atoms with Crippen molar-refractivity contribution in [3.63, 3.8) is 0 Å². The van der Waals surface area contributed by atoms with Gasteiger partial charge in [0.15, 0.2) is 0 Å². The van der Waals surface area contributed by atoms with E-state index >= 15 is 0 Å². The molecule has 1 aromatic carbocycles. The Hall–Kier alpha value is -2.41. The monoisotopic (exact) mass is 414 g/mol. The third kappa shape index (κ3) is 4.67. The molecule has 2 heterocycles. The van der Waals surface area contributed by atoms with E-state index < -0.39 is 0 Å². The summed E-state index contributed by atoms with van der Waals surface area (Å²) in [4.78, 5) is 27.4. The molecule has 1 aliphatic heterocycles. The van der Waals surface area contributed by atoms with E-state index in [9.17, 15) is 9.59 Å². The van der Waals surface area contributed by atoms with Gasteiger partial charge in [-0.15, -0.1) is 0 Å². The number of rotatable bonds is 6. The largest absolute Gasteiger partial charge is 0.383 e. The Morgan fingerprint density at radius 1 is 1.17 bits per heavy atom. The van der Waals surface area contributed by atoms with Crippen molar-refractivity contribution in [2.75, 3.05) is 26.8 Å². The third-order valence-electron chi connectivity index (χ3n) is 5.92. The summed E-state index contributed by atoms with van der Waals surface area (Å²) in [5.74, 6) is 1.10. The average molecular weight is 415 g/mol. The minimum absolute atomic E-state index is 0.0711. The normalized spacial score (nSPS) is 15.6. The number of methoxy groups -OCH3 is 1. The molecule has 1 saturated heterocycles. The second-order valence-electron chi connectivity index (χ2n) is 8.99. The van der Waals surface area contributed by atoms with Crippen molar-refractivity contribution in [1.29, 1.82) is 0 Å². The maximum Gasteiger partial charge on any atom is 0.345 e. The molecule has 0 bridgehead atoms. The van der Waals surface area contributed by atoms with Crippen LogP contribution in [0.15, 0.2) is 29.1 Å². The van der Waals surface area contributed by atoms with E-state index in [1.165, 1.54) is 10.2 Å². The molecule has 7 heteroatoms. The molecule has 0 spiro atoms. The van der Waals surface area contributed by atoms with Crippen LogP contribution in [0.1, 0.15) is 68.2 Å². The summed E-state index contributed by atoms with van der Waals surface area (Å²) in [5.41, 5.74) is 1.94. The van der Waals surface area contributed by atoms with Gasteiger partial charge in [0.2, 0.25) is 0 Å². The molecule has 1 aliphatic rings. The number of hydrogen-bond acceptors (Lipinski definition) is 4. The summed E-state index contributed by atoms with van der Waals surface area (Å²) in [7, 11) is 1.62. The Morgan fingerprint density at radius 2 is 1.80 bits per heavy atom. The Labute approximate surface area is 178 Å². The van der Waals surface area contributed by atoms with Crippen LogP contribution >= 0.6 is 0 Å². The zero-order valence-electron chi connectivity index (χ0n) is 18.9. The highest BCUT2D eigenvalue weighted by atomic mass is 16.5. The predicted molar refractivity (Wildman–Crippen MR) is 117 cm³/mol. The predicted octanol–water partition coefficient (Wildman–Crippen LogP) is 3.03. The first kappa shape index (κ1) is 22.3. The average Bonchev–Trinajstić information content (AvgIpc) is 3.06. The van der Waals surface area contributed by atoms with Crippen LogP contribution in [0.2, 0.25) is 0 Å². The molecule has 164 valence electrons. The van der Waals surface area contributed by atoms with Gasteiger partial charge in [-0.2, -0.15) is 5.10 Å². The number of hydrogen-bond donors (Lipinski definition) is 0. The molecule has 1 aromatic heterocycles. The summed E-state index contributed by atoms with van der Waals surface area (Å²) >= 11 is 0. The molecule has 1 fully saturated rings. The van der Waals surface area contributed by atoms with Crippen molar-refractivity contribution in [2.45, 2.75) is 65.0 Å². The van der Waals surface area contributed by atoms with Gasteiger partial charge in [0, 0.05) is 38.2 Å². The van der Waals surface area contributed by atoms with E-state index in [2.05, 4.69) is 25.9 Å². The maximum absolute atomic E-state index is 12.9. The van der Waals surface area contributed by atoms with Crippen molar-refractivity contribution < 1.29 is 9.53 Å². The molecule has 2 aromatic rings. The van der Waals surface area contributed by atoms with Crippen LogP contribution in [0.4, 0.5) is 0 Å². The fourth-order valence-electron chi connectivity index (χ4n) is 4.02. The lowest BCUT2D eigenvalue weighted by Crippen LogP contribution is -2.38. The smallest absolute Gasteiger partial charge is 0.345 e. The van der Waals surface area contributed by atoms with Gasteiger partial charge in [0.25, 0.3) is 5.91 Å². The molecule has 0 saturated carbocycles. The topological polar surface area (TPSA) is 69.4 Å². The number of amides is 1. The Morgan fingerprint density at radius 3 is 2.33 bits per heavy atom. The fraction of sp³-hybridized carbons (Fsp3) is 0.609. The van der Waals surface area contributed by atoms with Gasteiger partial charge in [-0.25, -0.2) is 9.48 Å². The van der Waals surface area contributed by atoms with Gasteiger partial charge >= 0.3 is 5.69 Å². The molecule has 0 atom stereocenters. The van der Waals surface area contributed by atoms with E-state index in [1.54, 1.807) is 11.7 Å². The van der Waals surface area contributed by atoms with Gasteiger partial charge in [-0.1, -0.05) is 32.9 Å². The van der Waals surface area contributed by atoms with Crippen LogP contribution in [-0.4, -0.2) is 52.0 Å². The Kier molecular flexibility index (Phi) is 6.81. The number of aromatic nitrogens is 3. The number of ether oxygens (including phenoxy) is 1. The quantitative estimate of drug-likeness (QED) is 0.729. The highest BCUT2D eigenvalue weighted by molar-refractivity contribution is 5.94. The molecule has 3 rings (SSSR count). The lowest BCUT2D eigenvalue weighted by atomic mass is 9.86. The Balaban J connectivity index is 1.67. The molecule has 0 radical (unpaired) electrons. The first-order chi connectivity index (χ1) is 14.3. The van der Waals surface area contributed by atoms with Gasteiger partial charge in [-0.05, 0) is 42.9 Å². The third-order valence-corrected chi connectivity index (χ3v) is 5.92. The molecule has 1 amide bonds. The highest BCUT2D eigenvalue weighted by Crippen LogP contribution is 2.28. The number of carbonyl (C=O) groups is 1. The van der Waals surface area contributed by atoms with Crippen LogP contribution in [0.3, 0.4) is 0 Å². The number of piperidine rings is 1. The summed E-state index contributed by atoms with van der Waals surface area (Å²) < 4.78 is 8.33. The van der Waals surface area contributed by atoms with E-state index in [1.807, 2.05) is 36.1 Å². The molecular weight excluding hydrogens is 380 g/mol. The van der Waals surface area contributed by atoms with E-state index in [0.29, 0.717) is 32.8 Å². The van der Waals surface area contributed by atoms with Crippen molar-refractivity contribution in [1.82, 2.24) is 19.2 Å².